The van der Waals surface area contributed by atoms with Gasteiger partial charge in [-0.25, -0.2) is 4.39 Å². The molecule has 4 aromatic carbocycles. The molecule has 0 saturated heterocycles. The van der Waals surface area contributed by atoms with E-state index in [-0.39, 0.29) is 12.4 Å². The van der Waals surface area contributed by atoms with Gasteiger partial charge in [0.2, 0.25) is 0 Å². The molecule has 0 amide bonds. The van der Waals surface area contributed by atoms with Gasteiger partial charge in [0.25, 0.3) is 0 Å². The van der Waals surface area contributed by atoms with Gasteiger partial charge in [-0.2, -0.15) is 0 Å². The molecule has 0 unspecified atom stereocenters. The van der Waals surface area contributed by atoms with Gasteiger partial charge in [-0.3, -0.25) is 4.99 Å². The Bertz CT molecular complexity index is 1090. The van der Waals surface area contributed by atoms with Crippen LogP contribution in [0.3, 0.4) is 0 Å². The number of hydrogen-bond donors (Lipinski definition) is 0. The van der Waals surface area contributed by atoms with E-state index in [0.29, 0.717) is 11.3 Å². The summed E-state index contributed by atoms with van der Waals surface area (Å²) in [5.41, 5.74) is 2.35. The van der Waals surface area contributed by atoms with Crippen LogP contribution in [0.1, 0.15) is 11.1 Å². The molecule has 0 fully saturated rings. The number of ether oxygens (including phenoxy) is 1. The highest BCUT2D eigenvalue weighted by Crippen LogP contribution is 2.32. The second-order valence-corrected chi connectivity index (χ2v) is 6.21. The summed E-state index contributed by atoms with van der Waals surface area (Å²) in [7, 11) is 0. The van der Waals surface area contributed by atoms with E-state index in [4.69, 9.17) is 4.74 Å². The largest absolute Gasteiger partial charge is 0.488 e. The standard InChI is InChI=1S/C24H18FNO/c25-23-13-7-5-11-20(23)17-27-24-15-21(14-19-10-4-6-12-22(19)24)26-16-18-8-2-1-3-9-18/h1-16H,17H2. The zero-order valence-corrected chi connectivity index (χ0v) is 14.7. The number of fused-ring (bicyclic) bond motifs is 1. The van der Waals surface area contributed by atoms with Gasteiger partial charge in [0.1, 0.15) is 18.2 Å². The molecule has 3 heteroatoms. The molecule has 0 atom stereocenters. The van der Waals surface area contributed by atoms with Gasteiger partial charge in [0.15, 0.2) is 0 Å². The summed E-state index contributed by atoms with van der Waals surface area (Å²) in [6, 6.07) is 28.5. The molecule has 0 N–H and O–H groups in total. The Morgan fingerprint density at radius 2 is 1.56 bits per heavy atom. The van der Waals surface area contributed by atoms with E-state index in [9.17, 15) is 4.39 Å². The van der Waals surface area contributed by atoms with Crippen LogP contribution in [0.25, 0.3) is 10.8 Å². The van der Waals surface area contributed by atoms with Gasteiger partial charge in [-0.1, -0.05) is 72.8 Å². The van der Waals surface area contributed by atoms with E-state index in [1.54, 1.807) is 18.2 Å². The molecule has 0 aliphatic heterocycles. The van der Waals surface area contributed by atoms with E-state index in [2.05, 4.69) is 4.99 Å². The average Bonchev–Trinajstić information content (AvgIpc) is 2.72. The molecule has 4 aromatic rings. The third-order valence-electron chi connectivity index (χ3n) is 4.31. The van der Waals surface area contributed by atoms with Crippen LogP contribution in [0.2, 0.25) is 0 Å². The molecule has 0 aliphatic rings. The Hall–Kier alpha value is -3.46. The fraction of sp³-hybridized carbons (Fsp3) is 0.0417. The molecular weight excluding hydrogens is 337 g/mol. The third-order valence-corrected chi connectivity index (χ3v) is 4.31. The van der Waals surface area contributed by atoms with Crippen molar-refractivity contribution in [2.24, 2.45) is 4.99 Å². The van der Waals surface area contributed by atoms with Gasteiger partial charge in [-0.05, 0) is 23.1 Å². The molecule has 0 aromatic heterocycles. The van der Waals surface area contributed by atoms with Gasteiger partial charge in [-0.15, -0.1) is 0 Å². The van der Waals surface area contributed by atoms with E-state index in [0.717, 1.165) is 22.0 Å². The first-order valence-corrected chi connectivity index (χ1v) is 8.78. The topological polar surface area (TPSA) is 21.6 Å². The van der Waals surface area contributed by atoms with Crippen molar-refractivity contribution < 1.29 is 9.13 Å². The molecule has 27 heavy (non-hydrogen) atoms. The van der Waals surface area contributed by atoms with E-state index in [1.165, 1.54) is 6.07 Å². The van der Waals surface area contributed by atoms with Crippen molar-refractivity contribution >= 4 is 22.7 Å². The van der Waals surface area contributed by atoms with Crippen LogP contribution >= 0.6 is 0 Å². The SMILES string of the molecule is Fc1ccccc1COc1cc(N=Cc2ccccc2)cc2ccccc12. The lowest BCUT2D eigenvalue weighted by Crippen LogP contribution is -1.98. The predicted octanol–water partition coefficient (Wildman–Crippen LogP) is 6.31. The fourth-order valence-corrected chi connectivity index (χ4v) is 2.91. The predicted molar refractivity (Wildman–Crippen MR) is 108 cm³/mol. The molecule has 0 bridgehead atoms. The maximum Gasteiger partial charge on any atom is 0.129 e. The number of halogens is 1. The number of hydrogen-bond acceptors (Lipinski definition) is 2. The van der Waals surface area contributed by atoms with Gasteiger partial charge in [0, 0.05) is 23.2 Å². The highest BCUT2D eigenvalue weighted by molar-refractivity contribution is 5.92. The molecule has 0 radical (unpaired) electrons. The van der Waals surface area contributed by atoms with Crippen molar-refractivity contribution in [3.05, 3.63) is 108 Å². The lowest BCUT2D eigenvalue weighted by Gasteiger charge is -2.11. The second kappa shape index (κ2) is 7.83. The lowest BCUT2D eigenvalue weighted by molar-refractivity contribution is 0.303. The van der Waals surface area contributed by atoms with E-state index < -0.39 is 0 Å². The van der Waals surface area contributed by atoms with Crippen LogP contribution in [0.4, 0.5) is 10.1 Å². The Labute approximate surface area is 157 Å². The minimum Gasteiger partial charge on any atom is -0.488 e. The fourth-order valence-electron chi connectivity index (χ4n) is 2.91. The van der Waals surface area contributed by atoms with Crippen molar-refractivity contribution in [2.45, 2.75) is 6.61 Å². The first kappa shape index (κ1) is 17.0. The summed E-state index contributed by atoms with van der Waals surface area (Å²) in [6.45, 7) is 0.169. The smallest absolute Gasteiger partial charge is 0.129 e. The summed E-state index contributed by atoms with van der Waals surface area (Å²) in [4.78, 5) is 4.58. The zero-order chi connectivity index (χ0) is 18.5. The lowest BCUT2D eigenvalue weighted by atomic mass is 10.1. The molecule has 0 saturated carbocycles. The van der Waals surface area contributed by atoms with Crippen molar-refractivity contribution in [1.29, 1.82) is 0 Å². The van der Waals surface area contributed by atoms with Crippen molar-refractivity contribution in [1.82, 2.24) is 0 Å². The van der Waals surface area contributed by atoms with Crippen LogP contribution < -0.4 is 4.74 Å². The minimum absolute atomic E-state index is 0.169. The second-order valence-electron chi connectivity index (χ2n) is 6.21. The van der Waals surface area contributed by atoms with Crippen molar-refractivity contribution in [2.75, 3.05) is 0 Å². The minimum atomic E-state index is -0.264. The quantitative estimate of drug-likeness (QED) is 0.385. The Morgan fingerprint density at radius 1 is 0.815 bits per heavy atom. The van der Waals surface area contributed by atoms with Crippen LogP contribution in [-0.2, 0) is 6.61 Å². The molecule has 0 aliphatic carbocycles. The maximum absolute atomic E-state index is 13.9. The number of aliphatic imine (C=N–C) groups is 1. The van der Waals surface area contributed by atoms with E-state index >= 15 is 0 Å². The average molecular weight is 355 g/mol. The Kier molecular flexibility index (Phi) is 4.93. The summed E-state index contributed by atoms with van der Waals surface area (Å²) >= 11 is 0. The molecule has 4 rings (SSSR count). The van der Waals surface area contributed by atoms with Gasteiger partial charge >= 0.3 is 0 Å². The van der Waals surface area contributed by atoms with Gasteiger partial charge in [0.05, 0.1) is 5.69 Å². The van der Waals surface area contributed by atoms with Crippen molar-refractivity contribution in [3.63, 3.8) is 0 Å². The number of nitrogens with zero attached hydrogens (tertiary/aromatic N) is 1. The molecule has 0 heterocycles. The first-order valence-electron chi connectivity index (χ1n) is 8.78. The van der Waals surface area contributed by atoms with Crippen LogP contribution in [-0.4, -0.2) is 6.21 Å². The van der Waals surface area contributed by atoms with E-state index in [1.807, 2.05) is 72.9 Å². The van der Waals surface area contributed by atoms with Crippen LogP contribution in [0, 0.1) is 5.82 Å². The maximum atomic E-state index is 13.9. The summed E-state index contributed by atoms with van der Waals surface area (Å²) < 4.78 is 19.9. The summed E-state index contributed by atoms with van der Waals surface area (Å²) in [6.07, 6.45) is 1.82. The number of rotatable bonds is 5. The monoisotopic (exact) mass is 355 g/mol. The zero-order valence-electron chi connectivity index (χ0n) is 14.7. The van der Waals surface area contributed by atoms with Gasteiger partial charge < -0.3 is 4.74 Å². The molecule has 2 nitrogen and oxygen atoms in total. The van der Waals surface area contributed by atoms with Crippen LogP contribution in [0.5, 0.6) is 5.75 Å². The Balaban J connectivity index is 1.66. The summed E-state index contributed by atoms with van der Waals surface area (Å²) in [5, 5.41) is 2.01. The molecule has 132 valence electrons. The van der Waals surface area contributed by atoms with Crippen LogP contribution in [0.15, 0.2) is 96.0 Å². The van der Waals surface area contributed by atoms with Crippen molar-refractivity contribution in [3.8, 4) is 5.75 Å². The summed E-state index contributed by atoms with van der Waals surface area (Å²) in [5.74, 6) is 0.427. The third kappa shape index (κ3) is 4.04. The first-order chi connectivity index (χ1) is 13.3. The Morgan fingerprint density at radius 3 is 2.41 bits per heavy atom. The molecular formula is C24H18FNO. The highest BCUT2D eigenvalue weighted by Gasteiger charge is 2.07. The normalized spacial score (nSPS) is 11.1. The number of benzene rings is 4. The highest BCUT2D eigenvalue weighted by atomic mass is 19.1. The molecule has 0 spiro atoms.